The summed E-state index contributed by atoms with van der Waals surface area (Å²) in [6, 6.07) is 6.94. The Bertz CT molecular complexity index is 1090. The molecule has 0 radical (unpaired) electrons. The molecule has 0 aliphatic rings. The second kappa shape index (κ2) is 6.48. The summed E-state index contributed by atoms with van der Waals surface area (Å²) < 4.78 is 0. The smallest absolute Gasteiger partial charge is 0.339 e. The van der Waals surface area contributed by atoms with Crippen LogP contribution in [0.4, 0.5) is 0 Å². The van der Waals surface area contributed by atoms with E-state index in [-0.39, 0.29) is 32.7 Å². The summed E-state index contributed by atoms with van der Waals surface area (Å²) in [4.78, 5) is 12.9. The van der Waals surface area contributed by atoms with Crippen molar-refractivity contribution >= 4 is 28.6 Å². The number of rotatable bonds is 2. The van der Waals surface area contributed by atoms with Crippen LogP contribution < -0.4 is 0 Å². The van der Waals surface area contributed by atoms with Crippen molar-refractivity contribution < 1.29 is 15.0 Å². The number of carboxylic acids is 1. The summed E-state index contributed by atoms with van der Waals surface area (Å²) in [5, 5.41) is 29.3. The van der Waals surface area contributed by atoms with Crippen LogP contribution in [0.15, 0.2) is 24.3 Å². The summed E-state index contributed by atoms with van der Waals surface area (Å²) in [5.41, 5.74) is 2.19. The Labute approximate surface area is 168 Å². The van der Waals surface area contributed by atoms with Crippen molar-refractivity contribution in [2.45, 2.75) is 52.4 Å². The zero-order chi connectivity index (χ0) is 21.0. The minimum Gasteiger partial charge on any atom is -0.505 e. The van der Waals surface area contributed by atoms with Gasteiger partial charge in [-0.1, -0.05) is 59.2 Å². The topological polar surface area (TPSA) is 88.2 Å². The number of aromatic nitrogens is 3. The van der Waals surface area contributed by atoms with Crippen molar-refractivity contribution in [3.63, 3.8) is 0 Å². The molecule has 2 aromatic carbocycles. The van der Waals surface area contributed by atoms with Crippen LogP contribution >= 0.6 is 11.6 Å². The minimum atomic E-state index is -1.18. The molecule has 7 heteroatoms. The third-order valence-corrected chi connectivity index (χ3v) is 5.01. The number of hydrogen-bond donors (Lipinski definition) is 2. The maximum Gasteiger partial charge on any atom is 0.339 e. The quantitative estimate of drug-likeness (QED) is 0.625. The van der Waals surface area contributed by atoms with Crippen LogP contribution in [0.3, 0.4) is 0 Å². The van der Waals surface area contributed by atoms with Crippen LogP contribution in [0.25, 0.3) is 16.7 Å². The molecule has 0 amide bonds. The number of halogens is 1. The predicted octanol–water partition coefficient (Wildman–Crippen LogP) is 5.07. The Morgan fingerprint density at radius 3 is 2.21 bits per heavy atom. The molecule has 1 aromatic heterocycles. The van der Waals surface area contributed by atoms with Gasteiger partial charge in [0.2, 0.25) is 0 Å². The van der Waals surface area contributed by atoms with Crippen LogP contribution in [-0.2, 0) is 10.8 Å². The Balaban J connectivity index is 2.35. The maximum atomic E-state index is 11.6. The first-order valence-corrected chi connectivity index (χ1v) is 9.35. The van der Waals surface area contributed by atoms with Gasteiger partial charge < -0.3 is 10.2 Å². The van der Waals surface area contributed by atoms with Gasteiger partial charge in [-0.25, -0.2) is 4.79 Å². The van der Waals surface area contributed by atoms with E-state index >= 15 is 0 Å². The first-order valence-electron chi connectivity index (χ1n) is 8.98. The number of benzene rings is 2. The largest absolute Gasteiger partial charge is 0.505 e. The molecule has 0 bridgehead atoms. The van der Waals surface area contributed by atoms with Crippen molar-refractivity contribution in [3.05, 3.63) is 46.0 Å². The van der Waals surface area contributed by atoms with Crippen LogP contribution in [0, 0.1) is 0 Å². The number of hydrogen-bond acceptors (Lipinski definition) is 4. The van der Waals surface area contributed by atoms with E-state index in [9.17, 15) is 15.0 Å². The molecule has 3 aromatic rings. The number of phenolic OH excluding ortho intramolecular Hbond substituents is 1. The molecule has 0 spiro atoms. The molecule has 6 nitrogen and oxygen atoms in total. The summed E-state index contributed by atoms with van der Waals surface area (Å²) >= 11 is 6.05. The summed E-state index contributed by atoms with van der Waals surface area (Å²) in [7, 11) is 0. The Morgan fingerprint density at radius 2 is 1.68 bits per heavy atom. The van der Waals surface area contributed by atoms with Crippen molar-refractivity contribution in [1.82, 2.24) is 15.0 Å². The van der Waals surface area contributed by atoms with Crippen molar-refractivity contribution in [3.8, 4) is 11.4 Å². The Morgan fingerprint density at radius 1 is 1.04 bits per heavy atom. The SMILES string of the molecule is CC(C)(C)c1cc(-n2nc3ccc(Cl)c(C(=O)O)c3n2)c(O)c(C(C)(C)C)c1. The fourth-order valence-corrected chi connectivity index (χ4v) is 3.28. The second-order valence-electron chi connectivity index (χ2n) is 8.98. The molecular weight excluding hydrogens is 378 g/mol. The second-order valence-corrected chi connectivity index (χ2v) is 9.38. The highest BCUT2D eigenvalue weighted by Crippen LogP contribution is 2.39. The van der Waals surface area contributed by atoms with E-state index in [1.807, 2.05) is 32.9 Å². The molecule has 0 aliphatic heterocycles. The fraction of sp³-hybridized carbons (Fsp3) is 0.381. The lowest BCUT2D eigenvalue weighted by molar-refractivity contribution is 0.0699. The molecule has 1 heterocycles. The number of carboxylic acid groups (broad SMARTS) is 1. The number of aromatic carboxylic acids is 1. The number of fused-ring (bicyclic) bond motifs is 1. The molecule has 148 valence electrons. The van der Waals surface area contributed by atoms with Crippen LogP contribution in [0.2, 0.25) is 5.02 Å². The Kier molecular flexibility index (Phi) is 4.66. The van der Waals surface area contributed by atoms with Crippen LogP contribution in [0.5, 0.6) is 5.75 Å². The third kappa shape index (κ3) is 3.44. The molecule has 0 atom stereocenters. The van der Waals surface area contributed by atoms with E-state index in [0.29, 0.717) is 11.2 Å². The van der Waals surface area contributed by atoms with Crippen molar-refractivity contribution in [2.24, 2.45) is 0 Å². The van der Waals surface area contributed by atoms with Crippen LogP contribution in [-0.4, -0.2) is 31.2 Å². The lowest BCUT2D eigenvalue weighted by Crippen LogP contribution is -2.18. The molecular formula is C21H24ClN3O3. The molecule has 28 heavy (non-hydrogen) atoms. The summed E-state index contributed by atoms with van der Waals surface area (Å²) in [6.45, 7) is 12.3. The third-order valence-electron chi connectivity index (χ3n) is 4.70. The van der Waals surface area contributed by atoms with Gasteiger partial charge in [-0.15, -0.1) is 15.0 Å². The zero-order valence-electron chi connectivity index (χ0n) is 16.8. The number of phenols is 1. The average molecular weight is 402 g/mol. The molecule has 0 saturated heterocycles. The van der Waals surface area contributed by atoms with Gasteiger partial charge in [-0.3, -0.25) is 0 Å². The van der Waals surface area contributed by atoms with Gasteiger partial charge in [0.25, 0.3) is 0 Å². The number of carbonyl (C=O) groups is 1. The molecule has 3 rings (SSSR count). The van der Waals surface area contributed by atoms with Gasteiger partial charge in [0.1, 0.15) is 28.0 Å². The van der Waals surface area contributed by atoms with Gasteiger partial charge in [-0.05, 0) is 34.6 Å². The first kappa shape index (κ1) is 20.1. The monoisotopic (exact) mass is 401 g/mol. The van der Waals surface area contributed by atoms with Gasteiger partial charge in [0, 0.05) is 5.56 Å². The lowest BCUT2D eigenvalue weighted by Gasteiger charge is -2.27. The van der Waals surface area contributed by atoms with Crippen LogP contribution in [0.1, 0.15) is 63.0 Å². The van der Waals surface area contributed by atoms with Crippen molar-refractivity contribution in [1.29, 1.82) is 0 Å². The zero-order valence-corrected chi connectivity index (χ0v) is 17.6. The van der Waals surface area contributed by atoms with Gasteiger partial charge in [0.05, 0.1) is 5.02 Å². The highest BCUT2D eigenvalue weighted by Gasteiger charge is 2.27. The molecule has 2 N–H and O–H groups in total. The normalized spacial score (nSPS) is 12.5. The fourth-order valence-electron chi connectivity index (χ4n) is 3.04. The van der Waals surface area contributed by atoms with E-state index in [1.165, 1.54) is 10.9 Å². The molecule has 0 aliphatic carbocycles. The van der Waals surface area contributed by atoms with Gasteiger partial charge in [-0.2, -0.15) is 0 Å². The van der Waals surface area contributed by atoms with E-state index < -0.39 is 5.97 Å². The number of aromatic hydroxyl groups is 1. The summed E-state index contributed by atoms with van der Waals surface area (Å²) in [6.07, 6.45) is 0. The van der Waals surface area contributed by atoms with Gasteiger partial charge in [0.15, 0.2) is 0 Å². The summed E-state index contributed by atoms with van der Waals surface area (Å²) in [5.74, 6) is -1.10. The lowest BCUT2D eigenvalue weighted by atomic mass is 9.80. The Hall–Kier alpha value is -2.60. The average Bonchev–Trinajstić information content (AvgIpc) is 2.95. The van der Waals surface area contributed by atoms with Crippen molar-refractivity contribution in [2.75, 3.05) is 0 Å². The van der Waals surface area contributed by atoms with E-state index in [2.05, 4.69) is 31.0 Å². The molecule has 0 fully saturated rings. The molecule has 0 saturated carbocycles. The van der Waals surface area contributed by atoms with E-state index in [4.69, 9.17) is 11.6 Å². The standard InChI is InChI=1S/C21H24ClN3O3/c1-20(2,3)11-9-12(21(4,5)6)18(26)15(10-11)25-23-14-8-7-13(22)16(19(27)28)17(14)24-25/h7-10,26H,1-6H3,(H,27,28). The first-order chi connectivity index (χ1) is 12.8. The highest BCUT2D eigenvalue weighted by molar-refractivity contribution is 6.35. The predicted molar refractivity (Wildman–Crippen MR) is 110 cm³/mol. The van der Waals surface area contributed by atoms with E-state index in [0.717, 1.165) is 11.1 Å². The number of nitrogens with zero attached hydrogens (tertiary/aromatic N) is 3. The van der Waals surface area contributed by atoms with E-state index in [1.54, 1.807) is 6.07 Å². The molecule has 0 unspecified atom stereocenters. The van der Waals surface area contributed by atoms with Gasteiger partial charge >= 0.3 is 5.97 Å². The maximum absolute atomic E-state index is 11.6. The minimum absolute atomic E-state index is 0.0729. The highest BCUT2D eigenvalue weighted by atomic mass is 35.5.